The molecule has 0 amide bonds. The highest BCUT2D eigenvalue weighted by Crippen LogP contribution is 1.93. The van der Waals surface area contributed by atoms with Gasteiger partial charge in [-0.15, -0.1) is 19.7 Å². The molecule has 2 N–H and O–H groups in total. The van der Waals surface area contributed by atoms with Gasteiger partial charge in [0.2, 0.25) is 0 Å². The molecule has 0 aromatic heterocycles. The maximum absolute atomic E-state index is 5.17. The van der Waals surface area contributed by atoms with Crippen molar-refractivity contribution in [1.82, 2.24) is 0 Å². The average molecular weight is 174 g/mol. The zero-order valence-electron chi connectivity index (χ0n) is 8.14. The van der Waals surface area contributed by atoms with Crippen molar-refractivity contribution in [2.45, 2.75) is 26.2 Å². The smallest absolute Gasteiger partial charge is 0.0644 e. The minimum absolute atomic E-state index is 0. The lowest BCUT2D eigenvalue weighted by Gasteiger charge is -1.97. The lowest BCUT2D eigenvalue weighted by atomic mass is 10.3. The first-order valence-corrected chi connectivity index (χ1v) is 4.10. The minimum atomic E-state index is 0. The lowest BCUT2D eigenvalue weighted by molar-refractivity contribution is 0.158. The first-order chi connectivity index (χ1) is 5.41. The molecular weight excluding hydrogens is 152 g/mol. The predicted molar refractivity (Wildman–Crippen MR) is 55.4 cm³/mol. The van der Waals surface area contributed by atoms with E-state index < -0.39 is 0 Å². The van der Waals surface area contributed by atoms with E-state index in [4.69, 9.17) is 4.74 Å². The van der Waals surface area contributed by atoms with Crippen LogP contribution in [0.5, 0.6) is 0 Å². The Kier molecular flexibility index (Phi) is 32.7. The average Bonchev–Trinajstić information content (AvgIpc) is 2.08. The maximum Gasteiger partial charge on any atom is 0.0644 e. The van der Waals surface area contributed by atoms with Crippen LogP contribution in [0.1, 0.15) is 26.2 Å². The van der Waals surface area contributed by atoms with Crippen molar-refractivity contribution in [3.05, 3.63) is 25.8 Å². The van der Waals surface area contributed by atoms with Crippen LogP contribution in [0, 0.1) is 0 Å². The summed E-state index contributed by atoms with van der Waals surface area (Å²) in [5.74, 6) is 0. The summed E-state index contributed by atoms with van der Waals surface area (Å²) in [7, 11) is 0. The van der Waals surface area contributed by atoms with Gasteiger partial charge >= 0.3 is 0 Å². The summed E-state index contributed by atoms with van der Waals surface area (Å²) in [5.41, 5.74) is 0. The number of unbranched alkanes of at least 4 members (excludes halogenated alkanes) is 2. The second-order valence-corrected chi connectivity index (χ2v) is 2.07. The van der Waals surface area contributed by atoms with Crippen molar-refractivity contribution in [1.29, 1.82) is 0 Å². The molecule has 0 aliphatic rings. The molecule has 2 heteroatoms. The van der Waals surface area contributed by atoms with Crippen LogP contribution in [0.25, 0.3) is 0 Å². The summed E-state index contributed by atoms with van der Waals surface area (Å²) in [5, 5.41) is 0. The van der Waals surface area contributed by atoms with E-state index in [1.54, 1.807) is 6.08 Å². The van der Waals surface area contributed by atoms with Gasteiger partial charge in [-0.05, 0) is 6.42 Å². The molecule has 74 valence electrons. The Morgan fingerprint density at radius 1 is 1.25 bits per heavy atom. The molecule has 0 bridgehead atoms. The van der Waals surface area contributed by atoms with Crippen molar-refractivity contribution in [2.24, 2.45) is 0 Å². The second kappa shape index (κ2) is 22.4. The van der Waals surface area contributed by atoms with Gasteiger partial charge < -0.3 is 10.2 Å². The van der Waals surface area contributed by atoms with Crippen LogP contribution in [0.2, 0.25) is 0 Å². The summed E-state index contributed by atoms with van der Waals surface area (Å²) in [6.45, 7) is 13.3. The second-order valence-electron chi connectivity index (χ2n) is 2.07. The topological polar surface area (TPSA) is 40.7 Å². The number of rotatable bonds is 6. The Bertz CT molecular complexity index is 72.2. The number of hydrogen-bond donors (Lipinski definition) is 0. The Hall–Kier alpha value is -0.600. The molecule has 0 aromatic carbocycles. The van der Waals surface area contributed by atoms with Gasteiger partial charge in [0, 0.05) is 6.61 Å². The lowest BCUT2D eigenvalue weighted by Crippen LogP contribution is -1.92. The molecule has 12 heavy (non-hydrogen) atoms. The maximum atomic E-state index is 5.17. The molecule has 2 nitrogen and oxygen atoms in total. The monoisotopic (exact) mass is 174 g/mol. The van der Waals surface area contributed by atoms with Crippen molar-refractivity contribution in [3.8, 4) is 0 Å². The molecular formula is C10H22O2. The van der Waals surface area contributed by atoms with E-state index in [-0.39, 0.29) is 5.48 Å². The Labute approximate surface area is 76.2 Å². The van der Waals surface area contributed by atoms with Crippen LogP contribution in [-0.2, 0) is 4.74 Å². The largest absolute Gasteiger partial charge is 0.412 e. The molecule has 0 fully saturated rings. The third-order valence-electron chi connectivity index (χ3n) is 1.13. The zero-order valence-corrected chi connectivity index (χ0v) is 8.14. The summed E-state index contributed by atoms with van der Waals surface area (Å²) in [6.07, 6.45) is 5.50. The molecule has 0 aromatic rings. The van der Waals surface area contributed by atoms with Crippen LogP contribution >= 0.6 is 0 Å². The van der Waals surface area contributed by atoms with E-state index in [9.17, 15) is 0 Å². The Morgan fingerprint density at radius 3 is 2.25 bits per heavy atom. The van der Waals surface area contributed by atoms with E-state index in [1.165, 1.54) is 19.3 Å². The van der Waals surface area contributed by atoms with E-state index in [0.29, 0.717) is 6.61 Å². The van der Waals surface area contributed by atoms with Crippen LogP contribution in [-0.4, -0.2) is 18.7 Å². The first kappa shape index (κ1) is 17.5. The van der Waals surface area contributed by atoms with Gasteiger partial charge in [0.15, 0.2) is 0 Å². The van der Waals surface area contributed by atoms with Gasteiger partial charge in [-0.2, -0.15) is 0 Å². The highest BCUT2D eigenvalue weighted by Gasteiger charge is 1.83. The number of ether oxygens (including phenoxy) is 1. The van der Waals surface area contributed by atoms with Gasteiger partial charge in [-0.1, -0.05) is 25.8 Å². The van der Waals surface area contributed by atoms with Gasteiger partial charge in [0.25, 0.3) is 0 Å². The van der Waals surface area contributed by atoms with Crippen LogP contribution in [0.3, 0.4) is 0 Å². The Balaban J connectivity index is -0.000000249. The fourth-order valence-corrected chi connectivity index (χ4v) is 0.621. The van der Waals surface area contributed by atoms with E-state index in [2.05, 4.69) is 26.7 Å². The molecule has 0 aliphatic carbocycles. The van der Waals surface area contributed by atoms with E-state index >= 15 is 0 Å². The molecule has 0 spiro atoms. The van der Waals surface area contributed by atoms with Crippen LogP contribution in [0.15, 0.2) is 25.8 Å². The predicted octanol–water partition coefficient (Wildman–Crippen LogP) is 2.36. The SMILES string of the molecule is C=C.C=CCOCCCCC.O. The molecule has 0 aliphatic heterocycles. The molecule has 0 unspecified atom stereocenters. The summed E-state index contributed by atoms with van der Waals surface area (Å²) >= 11 is 0. The summed E-state index contributed by atoms with van der Waals surface area (Å²) < 4.78 is 5.17. The third kappa shape index (κ3) is 22.7. The molecule has 0 saturated heterocycles. The van der Waals surface area contributed by atoms with Gasteiger partial charge in [-0.3, -0.25) is 0 Å². The van der Waals surface area contributed by atoms with Crippen molar-refractivity contribution in [3.63, 3.8) is 0 Å². The summed E-state index contributed by atoms with van der Waals surface area (Å²) in [6, 6.07) is 0. The fraction of sp³-hybridized carbons (Fsp3) is 0.600. The Morgan fingerprint density at radius 2 is 1.83 bits per heavy atom. The molecule has 0 rings (SSSR count). The van der Waals surface area contributed by atoms with E-state index in [0.717, 1.165) is 6.61 Å². The molecule has 0 atom stereocenters. The zero-order chi connectivity index (χ0) is 8.95. The van der Waals surface area contributed by atoms with Crippen molar-refractivity contribution >= 4 is 0 Å². The standard InChI is InChI=1S/C8H16O.C2H4.H2O/c1-3-5-6-8-9-7-4-2;1-2;/h4H,2-3,5-8H2,1H3;1-2H2;1H2. The molecule has 0 heterocycles. The first-order valence-electron chi connectivity index (χ1n) is 4.10. The normalized spacial score (nSPS) is 7.42. The quantitative estimate of drug-likeness (QED) is 0.450. The number of hydrogen-bond acceptors (Lipinski definition) is 1. The third-order valence-corrected chi connectivity index (χ3v) is 1.13. The van der Waals surface area contributed by atoms with Crippen molar-refractivity contribution < 1.29 is 10.2 Å². The van der Waals surface area contributed by atoms with Gasteiger partial charge in [-0.25, -0.2) is 0 Å². The summed E-state index contributed by atoms with van der Waals surface area (Å²) in [4.78, 5) is 0. The molecule has 0 radical (unpaired) electrons. The van der Waals surface area contributed by atoms with Gasteiger partial charge in [0.1, 0.15) is 0 Å². The minimum Gasteiger partial charge on any atom is -0.412 e. The van der Waals surface area contributed by atoms with Crippen LogP contribution < -0.4 is 0 Å². The van der Waals surface area contributed by atoms with Crippen LogP contribution in [0.4, 0.5) is 0 Å². The fourth-order valence-electron chi connectivity index (χ4n) is 0.621. The van der Waals surface area contributed by atoms with E-state index in [1.807, 2.05) is 0 Å². The molecule has 0 saturated carbocycles. The van der Waals surface area contributed by atoms with Gasteiger partial charge in [0.05, 0.1) is 6.61 Å². The highest BCUT2D eigenvalue weighted by atomic mass is 16.5. The van der Waals surface area contributed by atoms with Crippen molar-refractivity contribution in [2.75, 3.05) is 13.2 Å². The highest BCUT2D eigenvalue weighted by molar-refractivity contribution is 4.63.